The van der Waals surface area contributed by atoms with Crippen LogP contribution < -0.4 is 11.1 Å². The first kappa shape index (κ1) is 17.4. The molecule has 4 nitrogen and oxygen atoms in total. The third kappa shape index (κ3) is 5.83. The van der Waals surface area contributed by atoms with Crippen LogP contribution >= 0.6 is 0 Å². The first-order chi connectivity index (χ1) is 8.08. The lowest BCUT2D eigenvalue weighted by molar-refractivity contribution is -0.125. The largest absolute Gasteiger partial charge is 0.368 e. The summed E-state index contributed by atoms with van der Waals surface area (Å²) in [5.74, 6) is 0.286. The van der Waals surface area contributed by atoms with E-state index in [2.05, 4.69) is 37.9 Å². The number of hydrogen-bond acceptors (Lipinski definition) is 3. The van der Waals surface area contributed by atoms with E-state index in [1.165, 1.54) is 0 Å². The topological polar surface area (TPSA) is 58.4 Å². The Hall–Kier alpha value is -0.610. The van der Waals surface area contributed by atoms with Crippen molar-refractivity contribution in [2.45, 2.75) is 66.1 Å². The van der Waals surface area contributed by atoms with Crippen LogP contribution in [0.2, 0.25) is 0 Å². The molecule has 108 valence electrons. The predicted octanol–water partition coefficient (Wildman–Crippen LogP) is 1.59. The predicted molar refractivity (Wildman–Crippen MR) is 77.4 cm³/mol. The number of carbonyl (C=O) groups excluding carboxylic acids is 1. The number of amides is 1. The summed E-state index contributed by atoms with van der Waals surface area (Å²) in [6.07, 6.45) is 0. The Morgan fingerprint density at radius 3 is 2.00 bits per heavy atom. The molecular formula is C14H31N3O. The summed E-state index contributed by atoms with van der Waals surface area (Å²) in [6.45, 7) is 16.3. The van der Waals surface area contributed by atoms with Gasteiger partial charge in [-0.15, -0.1) is 0 Å². The Morgan fingerprint density at radius 2 is 1.72 bits per heavy atom. The van der Waals surface area contributed by atoms with E-state index >= 15 is 0 Å². The second-order valence-electron chi connectivity index (χ2n) is 6.41. The summed E-state index contributed by atoms with van der Waals surface area (Å²) in [5.41, 5.74) is 4.90. The lowest BCUT2D eigenvalue weighted by Crippen LogP contribution is -2.62. The Morgan fingerprint density at radius 1 is 1.22 bits per heavy atom. The van der Waals surface area contributed by atoms with Gasteiger partial charge in [-0.1, -0.05) is 13.8 Å². The van der Waals surface area contributed by atoms with E-state index in [1.807, 2.05) is 20.8 Å². The highest BCUT2D eigenvalue weighted by molar-refractivity contribution is 5.84. The number of nitrogens with zero attached hydrogens (tertiary/aromatic N) is 1. The fraction of sp³-hybridized carbons (Fsp3) is 0.929. The van der Waals surface area contributed by atoms with E-state index in [9.17, 15) is 4.79 Å². The maximum Gasteiger partial charge on any atom is 0.238 e. The van der Waals surface area contributed by atoms with Crippen molar-refractivity contribution < 1.29 is 4.79 Å². The molecule has 0 saturated carbocycles. The third-order valence-corrected chi connectivity index (χ3v) is 3.00. The van der Waals surface area contributed by atoms with E-state index in [4.69, 9.17) is 5.73 Å². The van der Waals surface area contributed by atoms with Crippen molar-refractivity contribution in [1.82, 2.24) is 10.2 Å². The summed E-state index contributed by atoms with van der Waals surface area (Å²) in [4.78, 5) is 14.0. The van der Waals surface area contributed by atoms with Gasteiger partial charge >= 0.3 is 0 Å². The average Bonchev–Trinajstić information content (AvgIpc) is 2.13. The molecule has 0 saturated heterocycles. The SMILES string of the molecule is CC(C)CN(CC(C)(NC(C)C)C(N)=O)C(C)C. The van der Waals surface area contributed by atoms with Gasteiger partial charge in [0.2, 0.25) is 5.91 Å². The molecule has 0 aliphatic carbocycles. The van der Waals surface area contributed by atoms with Gasteiger partial charge in [0.15, 0.2) is 0 Å². The van der Waals surface area contributed by atoms with Gasteiger partial charge in [0.1, 0.15) is 5.54 Å². The summed E-state index contributed by atoms with van der Waals surface area (Å²) in [5, 5.41) is 3.30. The first-order valence-corrected chi connectivity index (χ1v) is 6.90. The van der Waals surface area contributed by atoms with Crippen LogP contribution in [0.15, 0.2) is 0 Å². The van der Waals surface area contributed by atoms with Crippen LogP contribution in [0.4, 0.5) is 0 Å². The lowest BCUT2D eigenvalue weighted by atomic mass is 9.98. The monoisotopic (exact) mass is 257 g/mol. The molecule has 1 unspecified atom stereocenters. The van der Waals surface area contributed by atoms with E-state index in [1.54, 1.807) is 0 Å². The molecule has 1 atom stereocenters. The van der Waals surface area contributed by atoms with Gasteiger partial charge < -0.3 is 11.1 Å². The summed E-state index contributed by atoms with van der Waals surface area (Å²) in [6, 6.07) is 0.635. The summed E-state index contributed by atoms with van der Waals surface area (Å²) >= 11 is 0. The fourth-order valence-electron chi connectivity index (χ4n) is 2.16. The molecule has 0 spiro atoms. The lowest BCUT2D eigenvalue weighted by Gasteiger charge is -2.38. The highest BCUT2D eigenvalue weighted by Crippen LogP contribution is 2.13. The van der Waals surface area contributed by atoms with Crippen molar-refractivity contribution >= 4 is 5.91 Å². The standard InChI is InChI=1S/C14H31N3O/c1-10(2)8-17(12(5)6)9-14(7,13(15)18)16-11(3)4/h10-12,16H,8-9H2,1-7H3,(H2,15,18). The molecule has 0 radical (unpaired) electrons. The summed E-state index contributed by atoms with van der Waals surface area (Å²) < 4.78 is 0. The minimum Gasteiger partial charge on any atom is -0.368 e. The van der Waals surface area contributed by atoms with Crippen molar-refractivity contribution in [1.29, 1.82) is 0 Å². The van der Waals surface area contributed by atoms with Gasteiger partial charge in [-0.05, 0) is 40.5 Å². The quantitative estimate of drug-likeness (QED) is 0.694. The van der Waals surface area contributed by atoms with Gasteiger partial charge in [0, 0.05) is 25.2 Å². The molecule has 0 aliphatic rings. The molecule has 1 amide bonds. The van der Waals surface area contributed by atoms with Crippen molar-refractivity contribution in [2.75, 3.05) is 13.1 Å². The zero-order chi connectivity index (χ0) is 14.5. The number of primary amides is 1. The second kappa shape index (κ2) is 7.10. The van der Waals surface area contributed by atoms with Crippen molar-refractivity contribution in [3.63, 3.8) is 0 Å². The van der Waals surface area contributed by atoms with Crippen LogP contribution in [-0.4, -0.2) is 41.5 Å². The van der Waals surface area contributed by atoms with Gasteiger partial charge in [0.05, 0.1) is 0 Å². The Kier molecular flexibility index (Phi) is 6.86. The normalized spacial score (nSPS) is 15.7. The average molecular weight is 257 g/mol. The maximum atomic E-state index is 11.7. The van der Waals surface area contributed by atoms with Crippen LogP contribution in [0, 0.1) is 5.92 Å². The Balaban J connectivity index is 4.86. The minimum atomic E-state index is -0.673. The van der Waals surface area contributed by atoms with Crippen LogP contribution in [0.3, 0.4) is 0 Å². The fourth-order valence-corrected chi connectivity index (χ4v) is 2.16. The number of rotatable bonds is 8. The molecule has 4 heteroatoms. The van der Waals surface area contributed by atoms with Gasteiger partial charge in [-0.2, -0.15) is 0 Å². The molecule has 0 rings (SSSR count). The van der Waals surface area contributed by atoms with Gasteiger partial charge in [0.25, 0.3) is 0 Å². The minimum absolute atomic E-state index is 0.232. The number of carbonyl (C=O) groups is 1. The highest BCUT2D eigenvalue weighted by atomic mass is 16.1. The Labute approximate surface area is 112 Å². The zero-order valence-corrected chi connectivity index (χ0v) is 13.1. The smallest absolute Gasteiger partial charge is 0.238 e. The van der Waals surface area contributed by atoms with Crippen molar-refractivity contribution in [3.8, 4) is 0 Å². The van der Waals surface area contributed by atoms with Crippen LogP contribution in [0.5, 0.6) is 0 Å². The van der Waals surface area contributed by atoms with E-state index in [-0.39, 0.29) is 11.9 Å². The third-order valence-electron chi connectivity index (χ3n) is 3.00. The molecule has 18 heavy (non-hydrogen) atoms. The maximum absolute atomic E-state index is 11.7. The molecule has 3 N–H and O–H groups in total. The van der Waals surface area contributed by atoms with Crippen LogP contribution in [0.25, 0.3) is 0 Å². The highest BCUT2D eigenvalue weighted by Gasteiger charge is 2.34. The number of hydrogen-bond donors (Lipinski definition) is 2. The second-order valence-corrected chi connectivity index (χ2v) is 6.41. The van der Waals surface area contributed by atoms with Gasteiger partial charge in [-0.25, -0.2) is 0 Å². The molecular weight excluding hydrogens is 226 g/mol. The van der Waals surface area contributed by atoms with Crippen LogP contribution in [-0.2, 0) is 4.79 Å². The molecule has 0 aromatic heterocycles. The molecule has 0 aromatic carbocycles. The molecule has 0 heterocycles. The van der Waals surface area contributed by atoms with Crippen molar-refractivity contribution in [2.24, 2.45) is 11.7 Å². The molecule has 0 aliphatic heterocycles. The number of nitrogens with two attached hydrogens (primary N) is 1. The Bertz CT molecular complexity index is 264. The first-order valence-electron chi connectivity index (χ1n) is 6.90. The molecule has 0 bridgehead atoms. The van der Waals surface area contributed by atoms with Crippen molar-refractivity contribution in [3.05, 3.63) is 0 Å². The van der Waals surface area contributed by atoms with Gasteiger partial charge in [-0.3, -0.25) is 9.69 Å². The van der Waals surface area contributed by atoms with E-state index < -0.39 is 5.54 Å². The molecule has 0 fully saturated rings. The number of nitrogens with one attached hydrogen (secondary N) is 1. The molecule has 0 aromatic rings. The van der Waals surface area contributed by atoms with Crippen LogP contribution in [0.1, 0.15) is 48.5 Å². The zero-order valence-electron chi connectivity index (χ0n) is 13.1. The summed E-state index contributed by atoms with van der Waals surface area (Å²) in [7, 11) is 0. The van der Waals surface area contributed by atoms with E-state index in [0.717, 1.165) is 6.54 Å². The van der Waals surface area contributed by atoms with E-state index in [0.29, 0.717) is 18.5 Å².